The van der Waals surface area contributed by atoms with Crippen LogP contribution in [0.5, 0.6) is 0 Å². The number of nitrogens with one attached hydrogen (secondary N) is 2. The van der Waals surface area contributed by atoms with Crippen LogP contribution in [0, 0.1) is 0 Å². The maximum Gasteiger partial charge on any atom is 0.251 e. The first-order valence-electron chi connectivity index (χ1n) is 9.52. The summed E-state index contributed by atoms with van der Waals surface area (Å²) >= 11 is 0. The molecule has 0 bridgehead atoms. The molecule has 7 nitrogen and oxygen atoms in total. The summed E-state index contributed by atoms with van der Waals surface area (Å²) in [5.74, 6) is -0.609. The Kier molecular flexibility index (Phi) is 7.79. The second-order valence-electron chi connectivity index (χ2n) is 6.94. The number of hydrogen-bond donors (Lipinski definition) is 2. The Morgan fingerprint density at radius 2 is 2.07 bits per heavy atom. The van der Waals surface area contributed by atoms with Crippen molar-refractivity contribution in [3.8, 4) is 0 Å². The summed E-state index contributed by atoms with van der Waals surface area (Å²) in [6, 6.07) is 6.01. The highest BCUT2D eigenvalue weighted by Crippen LogP contribution is 2.18. The van der Waals surface area contributed by atoms with E-state index < -0.39 is 10.0 Å². The van der Waals surface area contributed by atoms with Crippen molar-refractivity contribution in [1.29, 1.82) is 0 Å². The van der Waals surface area contributed by atoms with Crippen LogP contribution >= 0.6 is 0 Å². The standard InChI is InChI=1S/C19H29N3O4S/c1-3-4-5-6-8-15(2)21-19(24)16-9-7-10-17(13-16)27(25,26)22-12-11-20-18(23)14-22/h7,9-10,13,15H,3-6,8,11-12,14H2,1-2H3,(H,20,23)(H,21,24). The van der Waals surface area contributed by atoms with Crippen molar-refractivity contribution in [3.63, 3.8) is 0 Å². The van der Waals surface area contributed by atoms with E-state index in [0.717, 1.165) is 23.6 Å². The van der Waals surface area contributed by atoms with Gasteiger partial charge >= 0.3 is 0 Å². The van der Waals surface area contributed by atoms with Crippen LogP contribution in [0.25, 0.3) is 0 Å². The average Bonchev–Trinajstić information content (AvgIpc) is 2.65. The molecule has 1 aliphatic rings. The lowest BCUT2D eigenvalue weighted by atomic mass is 10.1. The molecule has 8 heteroatoms. The van der Waals surface area contributed by atoms with Gasteiger partial charge in [-0.25, -0.2) is 8.42 Å². The fourth-order valence-electron chi connectivity index (χ4n) is 3.02. The van der Waals surface area contributed by atoms with Crippen LogP contribution in [0.1, 0.15) is 56.3 Å². The van der Waals surface area contributed by atoms with Gasteiger partial charge in [-0.05, 0) is 31.5 Å². The molecule has 1 aromatic rings. The van der Waals surface area contributed by atoms with Crippen LogP contribution in [0.4, 0.5) is 0 Å². The number of unbranched alkanes of at least 4 members (excludes halogenated alkanes) is 3. The highest BCUT2D eigenvalue weighted by molar-refractivity contribution is 7.89. The molecule has 1 heterocycles. The largest absolute Gasteiger partial charge is 0.354 e. The predicted molar refractivity (Wildman–Crippen MR) is 104 cm³/mol. The second-order valence-corrected chi connectivity index (χ2v) is 8.88. The number of sulfonamides is 1. The molecule has 1 saturated heterocycles. The van der Waals surface area contributed by atoms with Gasteiger partial charge in [-0.2, -0.15) is 4.31 Å². The number of rotatable bonds is 9. The van der Waals surface area contributed by atoms with Gasteiger partial charge in [0.15, 0.2) is 0 Å². The third-order valence-electron chi connectivity index (χ3n) is 4.61. The van der Waals surface area contributed by atoms with Gasteiger partial charge in [0.1, 0.15) is 0 Å². The molecule has 0 aliphatic carbocycles. The molecular formula is C19H29N3O4S. The lowest BCUT2D eigenvalue weighted by molar-refractivity contribution is -0.122. The molecule has 0 aromatic heterocycles. The number of hydrogen-bond acceptors (Lipinski definition) is 4. The van der Waals surface area contributed by atoms with Gasteiger partial charge in [0.25, 0.3) is 5.91 Å². The zero-order valence-electron chi connectivity index (χ0n) is 16.0. The summed E-state index contributed by atoms with van der Waals surface area (Å²) in [4.78, 5) is 24.0. The molecule has 150 valence electrons. The molecule has 1 aromatic carbocycles. The zero-order valence-corrected chi connectivity index (χ0v) is 16.8. The van der Waals surface area contributed by atoms with Gasteiger partial charge < -0.3 is 10.6 Å². The highest BCUT2D eigenvalue weighted by atomic mass is 32.2. The molecule has 0 saturated carbocycles. The van der Waals surface area contributed by atoms with Crippen LogP contribution in [0.2, 0.25) is 0 Å². The Bertz CT molecular complexity index is 764. The minimum absolute atomic E-state index is 0.0282. The summed E-state index contributed by atoms with van der Waals surface area (Å²) in [5, 5.41) is 5.53. The zero-order chi connectivity index (χ0) is 19.9. The molecule has 1 unspecified atom stereocenters. The van der Waals surface area contributed by atoms with Crippen molar-refractivity contribution in [2.45, 2.75) is 56.9 Å². The van der Waals surface area contributed by atoms with Gasteiger partial charge in [0.2, 0.25) is 15.9 Å². The van der Waals surface area contributed by atoms with Crippen LogP contribution in [-0.4, -0.2) is 50.2 Å². The lowest BCUT2D eigenvalue weighted by Gasteiger charge is -2.26. The first kappa shape index (κ1) is 21.4. The Morgan fingerprint density at radius 3 is 2.78 bits per heavy atom. The predicted octanol–water partition coefficient (Wildman–Crippen LogP) is 1.90. The van der Waals surface area contributed by atoms with Crippen molar-refractivity contribution in [2.24, 2.45) is 0 Å². The van der Waals surface area contributed by atoms with Crippen LogP contribution in [0.3, 0.4) is 0 Å². The second kappa shape index (κ2) is 9.85. The highest BCUT2D eigenvalue weighted by Gasteiger charge is 2.29. The molecule has 1 fully saturated rings. The molecule has 0 radical (unpaired) electrons. The normalized spacial score (nSPS) is 16.6. The van der Waals surface area contributed by atoms with Crippen LogP contribution in [0.15, 0.2) is 29.2 Å². The van der Waals surface area contributed by atoms with Gasteiger partial charge in [0.05, 0.1) is 11.4 Å². The van der Waals surface area contributed by atoms with Crippen molar-refractivity contribution in [3.05, 3.63) is 29.8 Å². The van der Waals surface area contributed by atoms with Gasteiger partial charge in [-0.15, -0.1) is 0 Å². The van der Waals surface area contributed by atoms with Crippen molar-refractivity contribution < 1.29 is 18.0 Å². The molecule has 2 amide bonds. The third kappa shape index (κ3) is 6.04. The molecule has 1 aliphatic heterocycles. The molecule has 1 atom stereocenters. The molecule has 27 heavy (non-hydrogen) atoms. The van der Waals surface area contributed by atoms with E-state index in [4.69, 9.17) is 0 Å². The summed E-state index contributed by atoms with van der Waals surface area (Å²) < 4.78 is 26.6. The summed E-state index contributed by atoms with van der Waals surface area (Å²) in [5.41, 5.74) is 0.304. The Labute approximate surface area is 161 Å². The quantitative estimate of drug-likeness (QED) is 0.624. The molecular weight excluding hydrogens is 366 g/mol. The number of carbonyl (C=O) groups excluding carboxylic acids is 2. The van der Waals surface area contributed by atoms with E-state index >= 15 is 0 Å². The van der Waals surface area contributed by atoms with E-state index in [0.29, 0.717) is 5.56 Å². The van der Waals surface area contributed by atoms with Crippen molar-refractivity contribution >= 4 is 21.8 Å². The van der Waals surface area contributed by atoms with Crippen LogP contribution < -0.4 is 10.6 Å². The fraction of sp³-hybridized carbons (Fsp3) is 0.579. The van der Waals surface area contributed by atoms with Crippen molar-refractivity contribution in [2.75, 3.05) is 19.6 Å². The maximum atomic E-state index is 12.7. The third-order valence-corrected chi connectivity index (χ3v) is 6.45. The van der Waals surface area contributed by atoms with Crippen molar-refractivity contribution in [1.82, 2.24) is 14.9 Å². The minimum Gasteiger partial charge on any atom is -0.354 e. The number of benzene rings is 1. The number of amides is 2. The lowest BCUT2D eigenvalue weighted by Crippen LogP contribution is -2.49. The fourth-order valence-corrected chi connectivity index (χ4v) is 4.47. The summed E-state index contributed by atoms with van der Waals surface area (Å²) in [7, 11) is -3.81. The van der Waals surface area contributed by atoms with E-state index in [-0.39, 0.29) is 42.4 Å². The van der Waals surface area contributed by atoms with Gasteiger partial charge in [-0.3, -0.25) is 9.59 Å². The minimum atomic E-state index is -3.81. The SMILES string of the molecule is CCCCCCC(C)NC(=O)c1cccc(S(=O)(=O)N2CCNC(=O)C2)c1. The first-order chi connectivity index (χ1) is 12.8. The van der Waals surface area contributed by atoms with E-state index in [1.165, 1.54) is 25.0 Å². The molecule has 2 N–H and O–H groups in total. The average molecular weight is 396 g/mol. The van der Waals surface area contributed by atoms with E-state index in [2.05, 4.69) is 17.6 Å². The topological polar surface area (TPSA) is 95.6 Å². The number of carbonyl (C=O) groups is 2. The maximum absolute atomic E-state index is 12.7. The summed E-state index contributed by atoms with van der Waals surface area (Å²) in [6.07, 6.45) is 5.46. The number of nitrogens with zero attached hydrogens (tertiary/aromatic N) is 1. The molecule has 0 spiro atoms. The van der Waals surface area contributed by atoms with Gasteiger partial charge in [-0.1, -0.05) is 38.7 Å². The Morgan fingerprint density at radius 1 is 1.30 bits per heavy atom. The Hall–Kier alpha value is -1.93. The van der Waals surface area contributed by atoms with E-state index in [9.17, 15) is 18.0 Å². The smallest absolute Gasteiger partial charge is 0.251 e. The van der Waals surface area contributed by atoms with Gasteiger partial charge in [0, 0.05) is 24.7 Å². The monoisotopic (exact) mass is 395 g/mol. The first-order valence-corrected chi connectivity index (χ1v) is 11.0. The number of piperazine rings is 1. The Balaban J connectivity index is 2.03. The van der Waals surface area contributed by atoms with E-state index in [1.54, 1.807) is 12.1 Å². The van der Waals surface area contributed by atoms with E-state index in [1.807, 2.05) is 6.92 Å². The van der Waals surface area contributed by atoms with Crippen LogP contribution in [-0.2, 0) is 14.8 Å². The summed E-state index contributed by atoms with van der Waals surface area (Å²) in [6.45, 7) is 4.42. The molecule has 2 rings (SSSR count).